The Labute approximate surface area is 119 Å². The molecule has 0 radical (unpaired) electrons. The molecule has 5 nitrogen and oxygen atoms in total. The minimum atomic E-state index is -0.137. The molecule has 0 spiro atoms. The summed E-state index contributed by atoms with van der Waals surface area (Å²) in [7, 11) is 0. The van der Waals surface area contributed by atoms with E-state index in [1.807, 2.05) is 0 Å². The van der Waals surface area contributed by atoms with Crippen LogP contribution in [0.3, 0.4) is 0 Å². The van der Waals surface area contributed by atoms with Gasteiger partial charge in [-0.2, -0.15) is 0 Å². The molecular weight excluding hydrogens is 320 g/mol. The van der Waals surface area contributed by atoms with Crippen LogP contribution in [-0.4, -0.2) is 53.5 Å². The first-order valence-electron chi connectivity index (χ1n) is 5.99. The van der Waals surface area contributed by atoms with Gasteiger partial charge in [-0.25, -0.2) is 4.98 Å². The topological polar surface area (TPSA) is 52.2 Å². The molecule has 1 N–H and O–H groups in total. The van der Waals surface area contributed by atoms with Crippen molar-refractivity contribution in [1.29, 1.82) is 0 Å². The first-order chi connectivity index (χ1) is 8.72. The van der Waals surface area contributed by atoms with Crippen LogP contribution in [-0.2, 0) is 0 Å². The van der Waals surface area contributed by atoms with Gasteiger partial charge in [-0.05, 0) is 28.9 Å². The minimum absolute atomic E-state index is 0.137. The largest absolute Gasteiger partial charge is 0.354 e. The maximum absolute atomic E-state index is 11.5. The standard InChI is InChI=1S/C11H16BrClN4O/c12-9-10(14-8-15-11(9)18)17-4-1-3-16(5-2-13)6-7-17/h8H,1-7H2,(H,14,15,18). The van der Waals surface area contributed by atoms with E-state index in [0.717, 1.165) is 45.0 Å². The Morgan fingerprint density at radius 1 is 1.39 bits per heavy atom. The summed E-state index contributed by atoms with van der Waals surface area (Å²) < 4.78 is 0.510. The summed E-state index contributed by atoms with van der Waals surface area (Å²) in [6.07, 6.45) is 2.50. The van der Waals surface area contributed by atoms with Crippen molar-refractivity contribution in [3.05, 3.63) is 21.2 Å². The number of aromatic amines is 1. The molecule has 18 heavy (non-hydrogen) atoms. The van der Waals surface area contributed by atoms with Crippen LogP contribution in [0.2, 0.25) is 0 Å². The lowest BCUT2D eigenvalue weighted by molar-refractivity contribution is 0.311. The summed E-state index contributed by atoms with van der Waals surface area (Å²) in [6, 6.07) is 0. The van der Waals surface area contributed by atoms with Crippen LogP contribution in [0.15, 0.2) is 15.6 Å². The second kappa shape index (κ2) is 6.54. The highest BCUT2D eigenvalue weighted by atomic mass is 79.9. The number of nitrogens with zero attached hydrogens (tertiary/aromatic N) is 3. The van der Waals surface area contributed by atoms with Gasteiger partial charge in [-0.3, -0.25) is 4.79 Å². The lowest BCUT2D eigenvalue weighted by Gasteiger charge is -2.22. The Hall–Kier alpha value is -0.590. The SMILES string of the molecule is O=c1[nH]cnc(N2CCCN(CCCl)CC2)c1Br. The van der Waals surface area contributed by atoms with E-state index in [1.165, 1.54) is 6.33 Å². The number of hydrogen-bond donors (Lipinski definition) is 1. The third kappa shape index (κ3) is 3.24. The second-order valence-electron chi connectivity index (χ2n) is 4.24. The summed E-state index contributed by atoms with van der Waals surface area (Å²) in [5.74, 6) is 1.39. The fourth-order valence-corrected chi connectivity index (χ4v) is 2.83. The number of nitrogens with one attached hydrogen (secondary N) is 1. The third-order valence-electron chi connectivity index (χ3n) is 3.07. The maximum Gasteiger partial charge on any atom is 0.267 e. The minimum Gasteiger partial charge on any atom is -0.354 e. The molecule has 2 rings (SSSR count). The molecular formula is C11H16BrClN4O. The van der Waals surface area contributed by atoms with E-state index in [1.54, 1.807) is 0 Å². The molecule has 1 fully saturated rings. The van der Waals surface area contributed by atoms with Crippen LogP contribution in [0.4, 0.5) is 5.82 Å². The van der Waals surface area contributed by atoms with Crippen molar-refractivity contribution in [3.8, 4) is 0 Å². The van der Waals surface area contributed by atoms with E-state index in [4.69, 9.17) is 11.6 Å². The van der Waals surface area contributed by atoms with Gasteiger partial charge in [-0.15, -0.1) is 11.6 Å². The van der Waals surface area contributed by atoms with E-state index < -0.39 is 0 Å². The molecule has 0 atom stereocenters. The van der Waals surface area contributed by atoms with Crippen LogP contribution in [0.5, 0.6) is 0 Å². The highest BCUT2D eigenvalue weighted by Crippen LogP contribution is 2.20. The lowest BCUT2D eigenvalue weighted by Crippen LogP contribution is -2.33. The molecule has 0 aromatic carbocycles. The molecule has 1 aliphatic heterocycles. The molecule has 0 bridgehead atoms. The van der Waals surface area contributed by atoms with Crippen molar-refractivity contribution in [2.24, 2.45) is 0 Å². The van der Waals surface area contributed by atoms with Gasteiger partial charge in [0, 0.05) is 32.1 Å². The van der Waals surface area contributed by atoms with Crippen LogP contribution in [0, 0.1) is 0 Å². The predicted molar refractivity (Wildman–Crippen MR) is 76.5 cm³/mol. The van der Waals surface area contributed by atoms with E-state index in [0.29, 0.717) is 10.4 Å². The molecule has 0 amide bonds. The summed E-state index contributed by atoms with van der Waals surface area (Å²) >= 11 is 9.07. The van der Waals surface area contributed by atoms with Crippen molar-refractivity contribution >= 4 is 33.3 Å². The van der Waals surface area contributed by atoms with Crippen LogP contribution >= 0.6 is 27.5 Å². The van der Waals surface area contributed by atoms with E-state index in [2.05, 4.69) is 35.7 Å². The zero-order chi connectivity index (χ0) is 13.0. The highest BCUT2D eigenvalue weighted by molar-refractivity contribution is 9.10. The van der Waals surface area contributed by atoms with Gasteiger partial charge in [0.05, 0.1) is 6.33 Å². The van der Waals surface area contributed by atoms with Crippen LogP contribution in [0.1, 0.15) is 6.42 Å². The van der Waals surface area contributed by atoms with Gasteiger partial charge in [0.25, 0.3) is 5.56 Å². The summed E-state index contributed by atoms with van der Waals surface area (Å²) in [5, 5.41) is 0. The Morgan fingerprint density at radius 3 is 3.00 bits per heavy atom. The van der Waals surface area contributed by atoms with Gasteiger partial charge in [0.2, 0.25) is 0 Å². The maximum atomic E-state index is 11.5. The lowest BCUT2D eigenvalue weighted by atomic mass is 10.4. The summed E-state index contributed by atoms with van der Waals surface area (Å²) in [6.45, 7) is 4.69. The average molecular weight is 336 g/mol. The van der Waals surface area contributed by atoms with Gasteiger partial charge >= 0.3 is 0 Å². The van der Waals surface area contributed by atoms with Crippen LogP contribution in [0.25, 0.3) is 0 Å². The molecule has 1 aliphatic rings. The molecule has 7 heteroatoms. The zero-order valence-corrected chi connectivity index (χ0v) is 12.4. The van der Waals surface area contributed by atoms with E-state index >= 15 is 0 Å². The number of anilines is 1. The number of hydrogen-bond acceptors (Lipinski definition) is 4. The summed E-state index contributed by atoms with van der Waals surface area (Å²) in [5.41, 5.74) is -0.137. The van der Waals surface area contributed by atoms with Gasteiger partial charge in [0.15, 0.2) is 0 Å². The fourth-order valence-electron chi connectivity index (χ4n) is 2.12. The predicted octanol–water partition coefficient (Wildman–Crippen LogP) is 1.28. The Kier molecular flexibility index (Phi) is 5.03. The zero-order valence-electron chi connectivity index (χ0n) is 10.0. The third-order valence-corrected chi connectivity index (χ3v) is 3.95. The molecule has 2 heterocycles. The summed E-state index contributed by atoms with van der Waals surface area (Å²) in [4.78, 5) is 22.8. The fraction of sp³-hybridized carbons (Fsp3) is 0.636. The van der Waals surface area contributed by atoms with Gasteiger partial charge in [-0.1, -0.05) is 0 Å². The van der Waals surface area contributed by atoms with Gasteiger partial charge in [0.1, 0.15) is 10.3 Å². The van der Waals surface area contributed by atoms with Gasteiger partial charge < -0.3 is 14.8 Å². The number of halogens is 2. The molecule has 1 aromatic rings. The molecule has 0 saturated carbocycles. The Morgan fingerprint density at radius 2 is 2.22 bits per heavy atom. The molecule has 1 saturated heterocycles. The van der Waals surface area contributed by atoms with E-state index in [-0.39, 0.29) is 5.56 Å². The van der Waals surface area contributed by atoms with Crippen LogP contribution < -0.4 is 10.5 Å². The first-order valence-corrected chi connectivity index (χ1v) is 7.31. The Balaban J connectivity index is 2.10. The molecule has 100 valence electrons. The second-order valence-corrected chi connectivity index (χ2v) is 5.41. The monoisotopic (exact) mass is 334 g/mol. The van der Waals surface area contributed by atoms with Crippen molar-refractivity contribution in [2.45, 2.75) is 6.42 Å². The normalized spacial score (nSPS) is 17.8. The van der Waals surface area contributed by atoms with E-state index in [9.17, 15) is 4.79 Å². The number of alkyl halides is 1. The smallest absolute Gasteiger partial charge is 0.267 e. The molecule has 0 aliphatic carbocycles. The Bertz CT molecular complexity index is 453. The molecule has 0 unspecified atom stereocenters. The first kappa shape index (κ1) is 13.8. The quantitative estimate of drug-likeness (QED) is 0.846. The van der Waals surface area contributed by atoms with Crippen molar-refractivity contribution in [2.75, 3.05) is 43.5 Å². The number of rotatable bonds is 3. The van der Waals surface area contributed by atoms with Crippen molar-refractivity contribution in [3.63, 3.8) is 0 Å². The number of aromatic nitrogens is 2. The van der Waals surface area contributed by atoms with Crippen molar-refractivity contribution < 1.29 is 0 Å². The van der Waals surface area contributed by atoms with Crippen molar-refractivity contribution in [1.82, 2.24) is 14.9 Å². The number of H-pyrrole nitrogens is 1. The molecule has 1 aromatic heterocycles. The average Bonchev–Trinajstić information content (AvgIpc) is 2.59. The highest BCUT2D eigenvalue weighted by Gasteiger charge is 2.18.